The van der Waals surface area contributed by atoms with Gasteiger partial charge in [-0.3, -0.25) is 0 Å². The number of hydrogen-bond acceptors (Lipinski definition) is 4. The van der Waals surface area contributed by atoms with Crippen LogP contribution in [0.25, 0.3) is 0 Å². The summed E-state index contributed by atoms with van der Waals surface area (Å²) in [5.74, 6) is 0. The molecule has 0 atom stereocenters. The van der Waals surface area contributed by atoms with Crippen molar-refractivity contribution in [1.29, 1.82) is 0 Å². The highest BCUT2D eigenvalue weighted by atomic mass is 32.3. The lowest BCUT2D eigenvalue weighted by Gasteiger charge is -2.25. The minimum atomic E-state index is -4.36. The Kier molecular flexibility index (Phi) is 5.56. The van der Waals surface area contributed by atoms with Gasteiger partial charge in [-0.05, 0) is 47.4 Å². The largest absolute Gasteiger partial charge is 0.277 e. The van der Waals surface area contributed by atoms with Crippen LogP contribution in [-0.2, 0) is 25.5 Å². The molecule has 0 heterocycles. The SMILES string of the molecule is CC(C)(C)c1ccc(N(S(=O)(=O)c2ccccc2)S(=O)(=O)c2ccccc2)cc1. The Hall–Kier alpha value is -2.64. The second kappa shape index (κ2) is 7.65. The molecule has 29 heavy (non-hydrogen) atoms. The molecule has 152 valence electrons. The van der Waals surface area contributed by atoms with Crippen LogP contribution >= 0.6 is 0 Å². The monoisotopic (exact) mass is 429 g/mol. The molecule has 0 fully saturated rings. The third-order valence-corrected chi connectivity index (χ3v) is 8.67. The molecule has 0 aliphatic rings. The lowest BCUT2D eigenvalue weighted by molar-refractivity contribution is 0.584. The Balaban J connectivity index is 2.23. The fraction of sp³-hybridized carbons (Fsp3) is 0.182. The summed E-state index contributed by atoms with van der Waals surface area (Å²) in [6.45, 7) is 6.09. The molecule has 0 N–H and O–H groups in total. The van der Waals surface area contributed by atoms with Gasteiger partial charge in [0.05, 0.1) is 15.5 Å². The third-order valence-electron chi connectivity index (χ3n) is 4.46. The van der Waals surface area contributed by atoms with E-state index in [0.717, 1.165) is 5.56 Å². The van der Waals surface area contributed by atoms with Crippen LogP contribution in [0.15, 0.2) is 94.7 Å². The summed E-state index contributed by atoms with van der Waals surface area (Å²) in [5.41, 5.74) is 0.876. The maximum atomic E-state index is 13.4. The lowest BCUT2D eigenvalue weighted by atomic mass is 9.87. The normalized spacial score (nSPS) is 12.5. The highest BCUT2D eigenvalue weighted by molar-refractivity contribution is 8.10. The van der Waals surface area contributed by atoms with Crippen LogP contribution in [0.4, 0.5) is 5.69 Å². The van der Waals surface area contributed by atoms with Crippen molar-refractivity contribution in [3.63, 3.8) is 0 Å². The highest BCUT2D eigenvalue weighted by Gasteiger charge is 2.36. The van der Waals surface area contributed by atoms with Gasteiger partial charge in [-0.2, -0.15) is 3.71 Å². The van der Waals surface area contributed by atoms with Gasteiger partial charge in [-0.15, -0.1) is 0 Å². The van der Waals surface area contributed by atoms with Gasteiger partial charge in [0.2, 0.25) is 0 Å². The van der Waals surface area contributed by atoms with Crippen LogP contribution in [0.3, 0.4) is 0 Å². The van der Waals surface area contributed by atoms with Gasteiger partial charge < -0.3 is 0 Å². The summed E-state index contributed by atoms with van der Waals surface area (Å²) in [7, 11) is -8.73. The molecule has 0 saturated heterocycles. The molecular weight excluding hydrogens is 406 g/mol. The Labute approximate surface area is 172 Å². The van der Waals surface area contributed by atoms with Gasteiger partial charge in [0, 0.05) is 0 Å². The van der Waals surface area contributed by atoms with Gasteiger partial charge in [0.1, 0.15) is 0 Å². The summed E-state index contributed by atoms with van der Waals surface area (Å²) in [4.78, 5) is -0.196. The minimum absolute atomic E-state index is 0.0608. The van der Waals surface area contributed by atoms with E-state index in [4.69, 9.17) is 0 Å². The summed E-state index contributed by atoms with van der Waals surface area (Å²) < 4.78 is 54.0. The first-order valence-corrected chi connectivity index (χ1v) is 11.9. The fourth-order valence-electron chi connectivity index (χ4n) is 2.87. The average molecular weight is 430 g/mol. The van der Waals surface area contributed by atoms with Crippen molar-refractivity contribution >= 4 is 25.7 Å². The highest BCUT2D eigenvalue weighted by Crippen LogP contribution is 2.32. The molecule has 3 aromatic rings. The number of rotatable bonds is 5. The zero-order chi connectivity index (χ0) is 21.3. The van der Waals surface area contributed by atoms with Crippen LogP contribution in [0.2, 0.25) is 0 Å². The van der Waals surface area contributed by atoms with Crippen molar-refractivity contribution in [3.05, 3.63) is 90.5 Å². The molecule has 0 bridgehead atoms. The number of sulfonamides is 2. The van der Waals surface area contributed by atoms with Crippen molar-refractivity contribution < 1.29 is 16.8 Å². The second-order valence-electron chi connectivity index (χ2n) is 7.63. The van der Waals surface area contributed by atoms with E-state index in [9.17, 15) is 16.8 Å². The van der Waals surface area contributed by atoms with Crippen LogP contribution in [0.1, 0.15) is 26.3 Å². The Bertz CT molecular complexity index is 1110. The average Bonchev–Trinajstić information content (AvgIpc) is 2.69. The van der Waals surface area contributed by atoms with E-state index >= 15 is 0 Å². The Morgan fingerprint density at radius 1 is 0.586 bits per heavy atom. The van der Waals surface area contributed by atoms with E-state index in [1.54, 1.807) is 48.5 Å². The zero-order valence-corrected chi connectivity index (χ0v) is 18.1. The molecular formula is C22H23NO4S2. The number of hydrogen-bond donors (Lipinski definition) is 0. The van der Waals surface area contributed by atoms with Crippen LogP contribution in [-0.4, -0.2) is 16.8 Å². The molecule has 0 unspecified atom stereocenters. The van der Waals surface area contributed by atoms with Crippen molar-refractivity contribution in [2.75, 3.05) is 3.71 Å². The number of nitrogens with zero attached hydrogens (tertiary/aromatic N) is 1. The van der Waals surface area contributed by atoms with Gasteiger partial charge in [0.25, 0.3) is 20.0 Å². The standard InChI is InChI=1S/C22H23NO4S2/c1-22(2,3)18-14-16-19(17-15-18)23(28(24,25)20-10-6-4-7-11-20)29(26,27)21-12-8-5-9-13-21/h4-17H,1-3H3. The quantitative estimate of drug-likeness (QED) is 0.596. The van der Waals surface area contributed by atoms with E-state index in [-0.39, 0.29) is 20.9 Å². The summed E-state index contributed by atoms with van der Waals surface area (Å²) in [5, 5.41) is 0. The maximum absolute atomic E-state index is 13.4. The summed E-state index contributed by atoms with van der Waals surface area (Å²) in [6.07, 6.45) is 0. The summed E-state index contributed by atoms with van der Waals surface area (Å²) >= 11 is 0. The Morgan fingerprint density at radius 3 is 1.31 bits per heavy atom. The first kappa shape index (κ1) is 21.1. The lowest BCUT2D eigenvalue weighted by Crippen LogP contribution is -2.37. The van der Waals surface area contributed by atoms with E-state index in [1.165, 1.54) is 36.4 Å². The molecule has 7 heteroatoms. The molecule has 0 aromatic heterocycles. The van der Waals surface area contributed by atoms with Crippen molar-refractivity contribution in [2.45, 2.75) is 36.0 Å². The smallest absolute Gasteiger partial charge is 0.200 e. The predicted molar refractivity (Wildman–Crippen MR) is 115 cm³/mol. The minimum Gasteiger partial charge on any atom is -0.200 e. The first-order valence-electron chi connectivity index (χ1n) is 9.06. The molecule has 0 radical (unpaired) electrons. The molecule has 0 aliphatic heterocycles. The second-order valence-corrected chi connectivity index (χ2v) is 11.4. The molecule has 5 nitrogen and oxygen atoms in total. The van der Waals surface area contributed by atoms with Crippen molar-refractivity contribution in [3.8, 4) is 0 Å². The number of benzene rings is 3. The van der Waals surface area contributed by atoms with Crippen LogP contribution < -0.4 is 3.71 Å². The first-order chi connectivity index (χ1) is 13.5. The molecule has 0 aliphatic carbocycles. The summed E-state index contributed by atoms with van der Waals surface area (Å²) in [6, 6.07) is 21.7. The maximum Gasteiger partial charge on any atom is 0.277 e. The van der Waals surface area contributed by atoms with E-state index < -0.39 is 20.0 Å². The van der Waals surface area contributed by atoms with E-state index in [1.807, 2.05) is 20.8 Å². The fourth-order valence-corrected chi connectivity index (χ4v) is 6.60. The van der Waals surface area contributed by atoms with Gasteiger partial charge in [-0.25, -0.2) is 16.8 Å². The zero-order valence-electron chi connectivity index (χ0n) is 16.5. The molecule has 3 aromatic carbocycles. The van der Waals surface area contributed by atoms with Gasteiger partial charge in [-0.1, -0.05) is 69.3 Å². The molecule has 0 spiro atoms. The van der Waals surface area contributed by atoms with Gasteiger partial charge >= 0.3 is 0 Å². The predicted octanol–water partition coefficient (Wildman–Crippen LogP) is 4.57. The molecule has 0 saturated carbocycles. The van der Waals surface area contributed by atoms with E-state index in [2.05, 4.69) is 0 Å². The number of anilines is 1. The van der Waals surface area contributed by atoms with Crippen molar-refractivity contribution in [1.82, 2.24) is 0 Å². The third kappa shape index (κ3) is 4.21. The van der Waals surface area contributed by atoms with Crippen LogP contribution in [0.5, 0.6) is 0 Å². The van der Waals surface area contributed by atoms with Crippen LogP contribution in [0, 0.1) is 0 Å². The topological polar surface area (TPSA) is 71.5 Å². The van der Waals surface area contributed by atoms with Gasteiger partial charge in [0.15, 0.2) is 0 Å². The van der Waals surface area contributed by atoms with Crippen molar-refractivity contribution in [2.24, 2.45) is 0 Å². The Morgan fingerprint density at radius 2 is 0.966 bits per heavy atom. The molecule has 0 amide bonds. The molecule has 3 rings (SSSR count). The van der Waals surface area contributed by atoms with E-state index in [0.29, 0.717) is 3.71 Å².